The van der Waals surface area contributed by atoms with Gasteiger partial charge in [0, 0.05) is 32.4 Å². The summed E-state index contributed by atoms with van der Waals surface area (Å²) in [7, 11) is 1.90. The minimum Gasteiger partial charge on any atom is -0.370 e. The Morgan fingerprint density at radius 1 is 1.41 bits per heavy atom. The summed E-state index contributed by atoms with van der Waals surface area (Å²) in [6, 6.07) is 7.58. The van der Waals surface area contributed by atoms with Gasteiger partial charge in [0.15, 0.2) is 0 Å². The zero-order valence-electron chi connectivity index (χ0n) is 9.59. The smallest absolute Gasteiger partial charge is 0.125 e. The molecule has 0 fully saturated rings. The molecule has 0 unspecified atom stereocenters. The fourth-order valence-corrected chi connectivity index (χ4v) is 1.48. The molecule has 17 heavy (non-hydrogen) atoms. The maximum Gasteiger partial charge on any atom is 0.125 e. The SMILES string of the molecule is Cn1ccc(CCNc2ccc(C#N)cn2)n1. The van der Waals surface area contributed by atoms with Gasteiger partial charge in [0.2, 0.25) is 0 Å². The topological polar surface area (TPSA) is 66.5 Å². The van der Waals surface area contributed by atoms with Crippen LogP contribution in [0, 0.1) is 11.3 Å². The van der Waals surface area contributed by atoms with Crippen LogP contribution in [0.5, 0.6) is 0 Å². The molecule has 0 aliphatic carbocycles. The minimum atomic E-state index is 0.570. The number of hydrogen-bond donors (Lipinski definition) is 1. The number of anilines is 1. The van der Waals surface area contributed by atoms with Gasteiger partial charge in [-0.3, -0.25) is 4.68 Å². The number of nitriles is 1. The van der Waals surface area contributed by atoms with Crippen molar-refractivity contribution >= 4 is 5.82 Å². The Morgan fingerprint density at radius 2 is 2.29 bits per heavy atom. The van der Waals surface area contributed by atoms with Gasteiger partial charge in [-0.15, -0.1) is 0 Å². The number of rotatable bonds is 4. The van der Waals surface area contributed by atoms with Crippen LogP contribution >= 0.6 is 0 Å². The molecule has 1 N–H and O–H groups in total. The second kappa shape index (κ2) is 5.12. The Kier molecular flexibility index (Phi) is 3.36. The number of aromatic nitrogens is 3. The molecular formula is C12H13N5. The van der Waals surface area contributed by atoms with Gasteiger partial charge in [0.05, 0.1) is 11.3 Å². The summed E-state index contributed by atoms with van der Waals surface area (Å²) in [6.45, 7) is 0.774. The van der Waals surface area contributed by atoms with E-state index in [1.807, 2.05) is 25.4 Å². The summed E-state index contributed by atoms with van der Waals surface area (Å²) in [4.78, 5) is 4.13. The largest absolute Gasteiger partial charge is 0.370 e. The zero-order chi connectivity index (χ0) is 12.1. The second-order valence-electron chi connectivity index (χ2n) is 3.70. The van der Waals surface area contributed by atoms with Crippen LogP contribution in [0.25, 0.3) is 0 Å². The fraction of sp³-hybridized carbons (Fsp3) is 0.250. The Morgan fingerprint density at radius 3 is 2.88 bits per heavy atom. The number of hydrogen-bond acceptors (Lipinski definition) is 4. The molecule has 2 aromatic rings. The lowest BCUT2D eigenvalue weighted by molar-refractivity contribution is 0.742. The molecule has 0 saturated carbocycles. The Labute approximate surface area is 99.7 Å². The molecule has 0 amide bonds. The molecule has 0 spiro atoms. The molecule has 0 radical (unpaired) electrons. The highest BCUT2D eigenvalue weighted by Gasteiger charge is 1.98. The summed E-state index contributed by atoms with van der Waals surface area (Å²) in [5.41, 5.74) is 1.62. The molecule has 2 aromatic heterocycles. The van der Waals surface area contributed by atoms with Gasteiger partial charge in [-0.05, 0) is 18.2 Å². The van der Waals surface area contributed by atoms with E-state index in [9.17, 15) is 0 Å². The maximum absolute atomic E-state index is 8.63. The van der Waals surface area contributed by atoms with Crippen LogP contribution < -0.4 is 5.32 Å². The number of nitrogens with one attached hydrogen (secondary N) is 1. The van der Waals surface area contributed by atoms with Crippen molar-refractivity contribution in [2.24, 2.45) is 7.05 Å². The Balaban J connectivity index is 1.84. The molecule has 5 nitrogen and oxygen atoms in total. The number of pyridine rings is 1. The molecule has 0 atom stereocenters. The second-order valence-corrected chi connectivity index (χ2v) is 3.70. The molecule has 0 aliphatic heterocycles. The van der Waals surface area contributed by atoms with Crippen molar-refractivity contribution in [3.63, 3.8) is 0 Å². The lowest BCUT2D eigenvalue weighted by Gasteiger charge is -2.03. The standard InChI is InChI=1S/C12H13N5/c1-17-7-5-11(16-17)4-6-14-12-3-2-10(8-13)9-15-12/h2-3,5,7,9H,4,6H2,1H3,(H,14,15). The lowest BCUT2D eigenvalue weighted by Crippen LogP contribution is -2.06. The Bertz CT molecular complexity index is 521. The van der Waals surface area contributed by atoms with Crippen LogP contribution in [0.15, 0.2) is 30.6 Å². The minimum absolute atomic E-state index is 0.570. The predicted molar refractivity (Wildman–Crippen MR) is 64.4 cm³/mol. The van der Waals surface area contributed by atoms with Gasteiger partial charge in [-0.25, -0.2) is 4.98 Å². The zero-order valence-corrected chi connectivity index (χ0v) is 9.59. The number of nitrogens with zero attached hydrogens (tertiary/aromatic N) is 4. The quantitative estimate of drug-likeness (QED) is 0.856. The fourth-order valence-electron chi connectivity index (χ4n) is 1.48. The van der Waals surface area contributed by atoms with Crippen molar-refractivity contribution in [1.29, 1.82) is 5.26 Å². The van der Waals surface area contributed by atoms with Crippen molar-refractivity contribution in [3.05, 3.63) is 41.9 Å². The van der Waals surface area contributed by atoms with Gasteiger partial charge in [0.25, 0.3) is 0 Å². The average Bonchev–Trinajstić information content (AvgIpc) is 2.76. The average molecular weight is 227 g/mol. The molecule has 86 valence electrons. The molecule has 0 bridgehead atoms. The third-order valence-corrected chi connectivity index (χ3v) is 2.35. The van der Waals surface area contributed by atoms with E-state index >= 15 is 0 Å². The van der Waals surface area contributed by atoms with Gasteiger partial charge in [0.1, 0.15) is 11.9 Å². The Hall–Kier alpha value is -2.35. The summed E-state index contributed by atoms with van der Waals surface area (Å²) >= 11 is 0. The third-order valence-electron chi connectivity index (χ3n) is 2.35. The third kappa shape index (κ3) is 3.05. The predicted octanol–water partition coefficient (Wildman–Crippen LogP) is 1.34. The molecule has 0 saturated heterocycles. The van der Waals surface area contributed by atoms with Crippen LogP contribution in [0.2, 0.25) is 0 Å². The molecule has 2 rings (SSSR count). The monoisotopic (exact) mass is 227 g/mol. The number of aryl methyl sites for hydroxylation is 1. The summed E-state index contributed by atoms with van der Waals surface area (Å²) in [6.07, 6.45) is 4.33. The summed E-state index contributed by atoms with van der Waals surface area (Å²) in [5, 5.41) is 16.1. The van der Waals surface area contributed by atoms with E-state index in [1.54, 1.807) is 23.0 Å². The van der Waals surface area contributed by atoms with Gasteiger partial charge >= 0.3 is 0 Å². The maximum atomic E-state index is 8.63. The van der Waals surface area contributed by atoms with Gasteiger partial charge in [-0.2, -0.15) is 10.4 Å². The van der Waals surface area contributed by atoms with Crippen LogP contribution in [0.3, 0.4) is 0 Å². The van der Waals surface area contributed by atoms with Crippen molar-refractivity contribution in [2.45, 2.75) is 6.42 Å². The molecular weight excluding hydrogens is 214 g/mol. The normalized spacial score (nSPS) is 9.88. The summed E-state index contributed by atoms with van der Waals surface area (Å²) in [5.74, 6) is 0.778. The van der Waals surface area contributed by atoms with E-state index < -0.39 is 0 Å². The van der Waals surface area contributed by atoms with Crippen molar-refractivity contribution in [2.75, 3.05) is 11.9 Å². The van der Waals surface area contributed by atoms with Crippen LogP contribution in [0.4, 0.5) is 5.82 Å². The van der Waals surface area contributed by atoms with Crippen molar-refractivity contribution in [1.82, 2.24) is 14.8 Å². The highest BCUT2D eigenvalue weighted by molar-refractivity contribution is 5.38. The van der Waals surface area contributed by atoms with Crippen molar-refractivity contribution < 1.29 is 0 Å². The van der Waals surface area contributed by atoms with Crippen LogP contribution in [0.1, 0.15) is 11.3 Å². The first-order chi connectivity index (χ1) is 8.28. The van der Waals surface area contributed by atoms with Gasteiger partial charge in [-0.1, -0.05) is 0 Å². The lowest BCUT2D eigenvalue weighted by atomic mass is 10.3. The van der Waals surface area contributed by atoms with E-state index in [-0.39, 0.29) is 0 Å². The van der Waals surface area contributed by atoms with E-state index in [0.29, 0.717) is 5.56 Å². The van der Waals surface area contributed by atoms with E-state index in [2.05, 4.69) is 15.4 Å². The molecule has 5 heteroatoms. The van der Waals surface area contributed by atoms with E-state index in [4.69, 9.17) is 5.26 Å². The molecule has 0 aliphatic rings. The first-order valence-corrected chi connectivity index (χ1v) is 5.36. The first kappa shape index (κ1) is 11.1. The first-order valence-electron chi connectivity index (χ1n) is 5.36. The van der Waals surface area contributed by atoms with E-state index in [0.717, 1.165) is 24.5 Å². The van der Waals surface area contributed by atoms with Crippen LogP contribution in [-0.4, -0.2) is 21.3 Å². The van der Waals surface area contributed by atoms with E-state index in [1.165, 1.54) is 0 Å². The van der Waals surface area contributed by atoms with Gasteiger partial charge < -0.3 is 5.32 Å². The molecule has 0 aromatic carbocycles. The van der Waals surface area contributed by atoms with Crippen LogP contribution in [-0.2, 0) is 13.5 Å². The van der Waals surface area contributed by atoms with Crippen molar-refractivity contribution in [3.8, 4) is 6.07 Å². The highest BCUT2D eigenvalue weighted by Crippen LogP contribution is 2.04. The molecule has 2 heterocycles. The summed E-state index contributed by atoms with van der Waals surface area (Å²) < 4.78 is 1.79. The highest BCUT2D eigenvalue weighted by atomic mass is 15.2.